The SMILES string of the molecule is CCc1cc(CCl)cc(N(C)CCOC)n1. The van der Waals surface area contributed by atoms with Gasteiger partial charge in [-0.1, -0.05) is 6.92 Å². The van der Waals surface area contributed by atoms with E-state index in [-0.39, 0.29) is 0 Å². The minimum atomic E-state index is 0.528. The molecule has 90 valence electrons. The second-order valence-corrected chi connectivity index (χ2v) is 3.99. The molecule has 0 aliphatic heterocycles. The molecule has 3 nitrogen and oxygen atoms in total. The van der Waals surface area contributed by atoms with E-state index in [4.69, 9.17) is 16.3 Å². The predicted octanol–water partition coefficient (Wildman–Crippen LogP) is 2.47. The van der Waals surface area contributed by atoms with Gasteiger partial charge in [-0.3, -0.25) is 0 Å². The van der Waals surface area contributed by atoms with Crippen LogP contribution in [-0.2, 0) is 17.0 Å². The Bertz CT molecular complexity index is 309. The number of nitrogens with zero attached hydrogens (tertiary/aromatic N) is 2. The normalized spacial score (nSPS) is 10.5. The van der Waals surface area contributed by atoms with E-state index < -0.39 is 0 Å². The molecule has 0 saturated carbocycles. The molecule has 0 N–H and O–H groups in total. The zero-order chi connectivity index (χ0) is 12.0. The maximum atomic E-state index is 5.87. The van der Waals surface area contributed by atoms with Crippen LogP contribution in [0.25, 0.3) is 0 Å². The highest BCUT2D eigenvalue weighted by Gasteiger charge is 2.05. The van der Waals surface area contributed by atoms with E-state index in [1.165, 1.54) is 0 Å². The maximum absolute atomic E-state index is 5.87. The number of hydrogen-bond acceptors (Lipinski definition) is 3. The fraction of sp³-hybridized carbons (Fsp3) is 0.583. The Kier molecular flexibility index (Phi) is 5.56. The van der Waals surface area contributed by atoms with Crippen molar-refractivity contribution in [2.45, 2.75) is 19.2 Å². The topological polar surface area (TPSA) is 25.4 Å². The minimum Gasteiger partial charge on any atom is -0.383 e. The van der Waals surface area contributed by atoms with Crippen molar-refractivity contribution in [3.05, 3.63) is 23.4 Å². The first-order valence-corrected chi connectivity index (χ1v) is 6.00. The van der Waals surface area contributed by atoms with Gasteiger partial charge in [0.25, 0.3) is 0 Å². The van der Waals surface area contributed by atoms with Crippen molar-refractivity contribution in [3.63, 3.8) is 0 Å². The third-order valence-electron chi connectivity index (χ3n) is 2.46. The van der Waals surface area contributed by atoms with Crippen molar-refractivity contribution in [2.24, 2.45) is 0 Å². The lowest BCUT2D eigenvalue weighted by atomic mass is 10.2. The number of likely N-dealkylation sites (N-methyl/N-ethyl adjacent to an activating group) is 1. The van der Waals surface area contributed by atoms with E-state index in [1.54, 1.807) is 7.11 Å². The largest absolute Gasteiger partial charge is 0.383 e. The fourth-order valence-corrected chi connectivity index (χ4v) is 1.58. The number of aryl methyl sites for hydroxylation is 1. The van der Waals surface area contributed by atoms with Crippen LogP contribution in [0.5, 0.6) is 0 Å². The Balaban J connectivity index is 2.85. The summed E-state index contributed by atoms with van der Waals surface area (Å²) in [5.41, 5.74) is 2.20. The summed E-state index contributed by atoms with van der Waals surface area (Å²) in [6.45, 7) is 3.63. The average Bonchev–Trinajstić information content (AvgIpc) is 2.35. The van der Waals surface area contributed by atoms with Crippen LogP contribution >= 0.6 is 11.6 Å². The molecule has 0 atom stereocenters. The van der Waals surface area contributed by atoms with Crippen LogP contribution < -0.4 is 4.90 Å². The highest BCUT2D eigenvalue weighted by Crippen LogP contribution is 2.16. The van der Waals surface area contributed by atoms with Gasteiger partial charge in [0.1, 0.15) is 5.82 Å². The number of anilines is 1. The third-order valence-corrected chi connectivity index (χ3v) is 2.77. The van der Waals surface area contributed by atoms with E-state index in [0.717, 1.165) is 30.0 Å². The van der Waals surface area contributed by atoms with Crippen molar-refractivity contribution < 1.29 is 4.74 Å². The Morgan fingerprint density at radius 3 is 2.75 bits per heavy atom. The number of pyridine rings is 1. The second kappa shape index (κ2) is 6.71. The van der Waals surface area contributed by atoms with Crippen LogP contribution in [0.1, 0.15) is 18.2 Å². The molecular formula is C12H19ClN2O. The summed E-state index contributed by atoms with van der Waals surface area (Å²) >= 11 is 5.87. The Hall–Kier alpha value is -0.800. The van der Waals surface area contributed by atoms with Crippen LogP contribution in [0.15, 0.2) is 12.1 Å². The molecule has 0 radical (unpaired) electrons. The maximum Gasteiger partial charge on any atom is 0.128 e. The molecule has 0 bridgehead atoms. The van der Waals surface area contributed by atoms with Crippen LogP contribution in [0.2, 0.25) is 0 Å². The molecule has 1 rings (SSSR count). The number of rotatable bonds is 6. The highest BCUT2D eigenvalue weighted by molar-refractivity contribution is 6.17. The van der Waals surface area contributed by atoms with Gasteiger partial charge < -0.3 is 9.64 Å². The summed E-state index contributed by atoms with van der Waals surface area (Å²) in [5, 5.41) is 0. The Morgan fingerprint density at radius 1 is 1.44 bits per heavy atom. The first kappa shape index (κ1) is 13.3. The quantitative estimate of drug-likeness (QED) is 0.717. The van der Waals surface area contributed by atoms with Gasteiger partial charge >= 0.3 is 0 Å². The van der Waals surface area contributed by atoms with E-state index >= 15 is 0 Å². The first-order chi connectivity index (χ1) is 7.71. The fourth-order valence-electron chi connectivity index (χ4n) is 1.43. The van der Waals surface area contributed by atoms with E-state index in [1.807, 2.05) is 13.1 Å². The first-order valence-electron chi connectivity index (χ1n) is 5.47. The molecular weight excluding hydrogens is 224 g/mol. The molecule has 0 spiro atoms. The van der Waals surface area contributed by atoms with E-state index in [2.05, 4.69) is 22.9 Å². The van der Waals surface area contributed by atoms with Gasteiger partial charge in [-0.05, 0) is 24.1 Å². The van der Waals surface area contributed by atoms with Crippen molar-refractivity contribution in [1.29, 1.82) is 0 Å². The summed E-state index contributed by atoms with van der Waals surface area (Å²) in [6, 6.07) is 4.09. The van der Waals surface area contributed by atoms with E-state index in [9.17, 15) is 0 Å². The van der Waals surface area contributed by atoms with E-state index in [0.29, 0.717) is 12.5 Å². The van der Waals surface area contributed by atoms with Crippen LogP contribution in [0, 0.1) is 0 Å². The Labute approximate surface area is 102 Å². The highest BCUT2D eigenvalue weighted by atomic mass is 35.5. The number of aromatic nitrogens is 1. The summed E-state index contributed by atoms with van der Waals surface area (Å²) in [4.78, 5) is 6.65. The van der Waals surface area contributed by atoms with Crippen LogP contribution in [0.4, 0.5) is 5.82 Å². The van der Waals surface area contributed by atoms with Crippen molar-refractivity contribution >= 4 is 17.4 Å². The van der Waals surface area contributed by atoms with Crippen molar-refractivity contribution in [1.82, 2.24) is 4.98 Å². The Morgan fingerprint density at radius 2 is 2.19 bits per heavy atom. The number of methoxy groups -OCH3 is 1. The molecule has 0 unspecified atom stereocenters. The third kappa shape index (κ3) is 3.65. The molecule has 0 aromatic carbocycles. The zero-order valence-electron chi connectivity index (χ0n) is 10.2. The van der Waals surface area contributed by atoms with Gasteiger partial charge in [0.05, 0.1) is 6.61 Å². The lowest BCUT2D eigenvalue weighted by Crippen LogP contribution is -2.23. The molecule has 4 heteroatoms. The molecule has 0 aliphatic rings. The molecule has 1 aromatic heterocycles. The van der Waals surface area contributed by atoms with Gasteiger partial charge in [0.15, 0.2) is 0 Å². The lowest BCUT2D eigenvalue weighted by molar-refractivity contribution is 0.206. The summed E-state index contributed by atoms with van der Waals surface area (Å²) in [5.74, 6) is 1.49. The number of hydrogen-bond donors (Lipinski definition) is 0. The van der Waals surface area contributed by atoms with Gasteiger partial charge in [-0.2, -0.15) is 0 Å². The van der Waals surface area contributed by atoms with Crippen molar-refractivity contribution in [3.8, 4) is 0 Å². The second-order valence-electron chi connectivity index (χ2n) is 3.73. The molecule has 0 aliphatic carbocycles. The summed E-state index contributed by atoms with van der Waals surface area (Å²) in [6.07, 6.45) is 0.926. The molecule has 0 amide bonds. The number of halogens is 1. The van der Waals surface area contributed by atoms with Crippen LogP contribution in [0.3, 0.4) is 0 Å². The smallest absolute Gasteiger partial charge is 0.128 e. The monoisotopic (exact) mass is 242 g/mol. The minimum absolute atomic E-state index is 0.528. The summed E-state index contributed by atoms with van der Waals surface area (Å²) < 4.78 is 5.05. The van der Waals surface area contributed by atoms with Crippen LogP contribution in [-0.4, -0.2) is 32.3 Å². The van der Waals surface area contributed by atoms with Gasteiger partial charge in [-0.25, -0.2) is 4.98 Å². The average molecular weight is 243 g/mol. The zero-order valence-corrected chi connectivity index (χ0v) is 10.9. The van der Waals surface area contributed by atoms with Gasteiger partial charge in [0, 0.05) is 32.3 Å². The summed E-state index contributed by atoms with van der Waals surface area (Å²) in [7, 11) is 3.72. The van der Waals surface area contributed by atoms with Gasteiger partial charge in [-0.15, -0.1) is 11.6 Å². The molecule has 1 heterocycles. The van der Waals surface area contributed by atoms with Gasteiger partial charge in [0.2, 0.25) is 0 Å². The standard InChI is InChI=1S/C12H19ClN2O/c1-4-11-7-10(9-13)8-12(14-11)15(2)5-6-16-3/h7-8H,4-6,9H2,1-3H3. The predicted molar refractivity (Wildman–Crippen MR) is 68.3 cm³/mol. The number of alkyl halides is 1. The van der Waals surface area contributed by atoms with Crippen molar-refractivity contribution in [2.75, 3.05) is 32.2 Å². The molecule has 0 fully saturated rings. The molecule has 16 heavy (non-hydrogen) atoms. The lowest BCUT2D eigenvalue weighted by Gasteiger charge is -2.19. The molecule has 1 aromatic rings. The number of ether oxygens (including phenoxy) is 1. The molecule has 0 saturated heterocycles.